The zero-order valence-electron chi connectivity index (χ0n) is 7.75. The highest BCUT2D eigenvalue weighted by Crippen LogP contribution is 2.10. The maximum Gasteiger partial charge on any atom is 0.136 e. The Balaban J connectivity index is 2.29. The highest BCUT2D eigenvalue weighted by atomic mass is 32.2. The largest absolute Gasteiger partial charge is 0.355 e. The van der Waals surface area contributed by atoms with Crippen LogP contribution in [0.1, 0.15) is 6.92 Å². The zero-order valence-corrected chi connectivity index (χ0v) is 9.38. The van der Waals surface area contributed by atoms with E-state index in [0.717, 1.165) is 36.3 Å². The molecule has 0 aromatic heterocycles. The molecule has 0 spiro atoms. The smallest absolute Gasteiger partial charge is 0.136 e. The first kappa shape index (κ1) is 10.3. The number of thioether (sulfide) groups is 1. The van der Waals surface area contributed by atoms with Crippen LogP contribution in [-0.2, 0) is 0 Å². The fraction of sp³-hybridized carbons (Fsp3) is 0.875. The minimum atomic E-state index is 1.07. The summed E-state index contributed by atoms with van der Waals surface area (Å²) >= 11 is 7.06. The molecule has 0 amide bonds. The third-order valence-electron chi connectivity index (χ3n) is 2.03. The zero-order chi connectivity index (χ0) is 8.97. The highest BCUT2D eigenvalue weighted by molar-refractivity contribution is 8.22. The van der Waals surface area contributed by atoms with Gasteiger partial charge in [-0.25, -0.2) is 0 Å². The van der Waals surface area contributed by atoms with Gasteiger partial charge in [-0.3, -0.25) is 0 Å². The molecule has 1 fully saturated rings. The van der Waals surface area contributed by atoms with Gasteiger partial charge >= 0.3 is 0 Å². The number of rotatable bonds is 1. The molecule has 0 atom stereocenters. The first-order valence-electron chi connectivity index (χ1n) is 4.34. The lowest BCUT2D eigenvalue weighted by Gasteiger charge is -2.33. The molecule has 1 heterocycles. The summed E-state index contributed by atoms with van der Waals surface area (Å²) in [5.74, 6) is 1.09. The van der Waals surface area contributed by atoms with Crippen LogP contribution in [0.25, 0.3) is 0 Å². The van der Waals surface area contributed by atoms with E-state index in [2.05, 4.69) is 23.8 Å². The van der Waals surface area contributed by atoms with Crippen molar-refractivity contribution in [1.82, 2.24) is 9.80 Å². The molecule has 1 rings (SSSR count). The molecule has 0 aromatic rings. The molecule has 0 radical (unpaired) electrons. The lowest BCUT2D eigenvalue weighted by Crippen LogP contribution is -2.45. The van der Waals surface area contributed by atoms with Crippen molar-refractivity contribution < 1.29 is 0 Å². The summed E-state index contributed by atoms with van der Waals surface area (Å²) < 4.78 is 1.07. The van der Waals surface area contributed by atoms with Crippen LogP contribution in [0, 0.1) is 0 Å². The van der Waals surface area contributed by atoms with Gasteiger partial charge in [0, 0.05) is 26.2 Å². The van der Waals surface area contributed by atoms with Crippen LogP contribution < -0.4 is 0 Å². The van der Waals surface area contributed by atoms with Gasteiger partial charge in [-0.15, -0.1) is 0 Å². The summed E-state index contributed by atoms with van der Waals surface area (Å²) in [5, 5.41) is 0. The van der Waals surface area contributed by atoms with E-state index in [9.17, 15) is 0 Å². The maximum absolute atomic E-state index is 5.28. The molecule has 4 heteroatoms. The predicted octanol–water partition coefficient (Wildman–Crippen LogP) is 1.27. The number of piperazine rings is 1. The van der Waals surface area contributed by atoms with Gasteiger partial charge in [0.1, 0.15) is 4.32 Å². The summed E-state index contributed by atoms with van der Waals surface area (Å²) in [5.41, 5.74) is 0. The van der Waals surface area contributed by atoms with Crippen LogP contribution in [0.5, 0.6) is 0 Å². The van der Waals surface area contributed by atoms with Gasteiger partial charge in [0.2, 0.25) is 0 Å². The average Bonchev–Trinajstić information content (AvgIpc) is 2.06. The van der Waals surface area contributed by atoms with E-state index in [1.807, 2.05) is 0 Å². The Morgan fingerprint density at radius 2 is 1.92 bits per heavy atom. The number of thiocarbonyl (C=S) groups is 1. The molecule has 2 nitrogen and oxygen atoms in total. The summed E-state index contributed by atoms with van der Waals surface area (Å²) in [6.45, 7) is 6.63. The summed E-state index contributed by atoms with van der Waals surface area (Å²) in [4.78, 5) is 4.65. The lowest BCUT2D eigenvalue weighted by atomic mass is 10.4. The van der Waals surface area contributed by atoms with Crippen LogP contribution in [-0.4, -0.2) is 53.1 Å². The van der Waals surface area contributed by atoms with Gasteiger partial charge in [-0.1, -0.05) is 30.9 Å². The minimum absolute atomic E-state index is 1.07. The first-order chi connectivity index (χ1) is 5.74. The molecule has 1 aliphatic heterocycles. The first-order valence-corrected chi connectivity index (χ1v) is 5.73. The fourth-order valence-corrected chi connectivity index (χ4v) is 2.35. The normalized spacial score (nSPS) is 19.7. The molecule has 1 saturated heterocycles. The van der Waals surface area contributed by atoms with E-state index in [-0.39, 0.29) is 0 Å². The lowest BCUT2D eigenvalue weighted by molar-refractivity contribution is 0.220. The Bertz CT molecular complexity index is 153. The van der Waals surface area contributed by atoms with Crippen molar-refractivity contribution in [1.29, 1.82) is 0 Å². The van der Waals surface area contributed by atoms with Crippen LogP contribution in [0.3, 0.4) is 0 Å². The number of likely N-dealkylation sites (N-methyl/N-ethyl adjacent to an activating group) is 1. The molecular formula is C8H16N2S2. The standard InChI is InChI=1S/C8H16N2S2/c1-3-12-8(11)10-6-4-9(2)5-7-10/h3-7H2,1-2H3. The Hall–Kier alpha value is 0.200. The third kappa shape index (κ3) is 2.92. The van der Waals surface area contributed by atoms with Crippen LogP contribution >= 0.6 is 24.0 Å². The summed E-state index contributed by atoms with van der Waals surface area (Å²) in [6, 6.07) is 0. The highest BCUT2D eigenvalue weighted by Gasteiger charge is 2.15. The molecular weight excluding hydrogens is 188 g/mol. The quantitative estimate of drug-likeness (QED) is 0.593. The Morgan fingerprint density at radius 3 is 2.42 bits per heavy atom. The molecule has 0 N–H and O–H groups in total. The molecule has 1 aliphatic rings. The second-order valence-electron chi connectivity index (χ2n) is 2.99. The van der Waals surface area contributed by atoms with Gasteiger partial charge in [-0.05, 0) is 12.8 Å². The molecule has 12 heavy (non-hydrogen) atoms. The third-order valence-corrected chi connectivity index (χ3v) is 3.43. The molecule has 0 unspecified atom stereocenters. The Morgan fingerprint density at radius 1 is 1.33 bits per heavy atom. The van der Waals surface area contributed by atoms with E-state index >= 15 is 0 Å². The van der Waals surface area contributed by atoms with Crippen molar-refractivity contribution in [2.24, 2.45) is 0 Å². The monoisotopic (exact) mass is 204 g/mol. The second-order valence-corrected chi connectivity index (χ2v) is 4.89. The minimum Gasteiger partial charge on any atom is -0.355 e. The predicted molar refractivity (Wildman–Crippen MR) is 59.8 cm³/mol. The van der Waals surface area contributed by atoms with E-state index in [4.69, 9.17) is 12.2 Å². The molecule has 70 valence electrons. The van der Waals surface area contributed by atoms with Gasteiger partial charge in [-0.2, -0.15) is 0 Å². The van der Waals surface area contributed by atoms with E-state index < -0.39 is 0 Å². The topological polar surface area (TPSA) is 6.48 Å². The Labute approximate surface area is 84.3 Å². The van der Waals surface area contributed by atoms with E-state index in [0.29, 0.717) is 0 Å². The van der Waals surface area contributed by atoms with Crippen molar-refractivity contribution in [2.75, 3.05) is 39.0 Å². The van der Waals surface area contributed by atoms with Crippen molar-refractivity contribution >= 4 is 28.3 Å². The van der Waals surface area contributed by atoms with Gasteiger partial charge in [0.05, 0.1) is 0 Å². The van der Waals surface area contributed by atoms with E-state index in [1.165, 1.54) is 0 Å². The molecule has 0 bridgehead atoms. The van der Waals surface area contributed by atoms with Crippen molar-refractivity contribution in [3.05, 3.63) is 0 Å². The number of hydrogen-bond donors (Lipinski definition) is 0. The molecule has 0 saturated carbocycles. The van der Waals surface area contributed by atoms with Crippen LogP contribution in [0.2, 0.25) is 0 Å². The van der Waals surface area contributed by atoms with Gasteiger partial charge < -0.3 is 9.80 Å². The Kier molecular flexibility index (Phi) is 4.32. The van der Waals surface area contributed by atoms with Gasteiger partial charge in [0.25, 0.3) is 0 Å². The van der Waals surface area contributed by atoms with Crippen molar-refractivity contribution in [3.63, 3.8) is 0 Å². The average molecular weight is 204 g/mol. The maximum atomic E-state index is 5.28. The van der Waals surface area contributed by atoms with Crippen molar-refractivity contribution in [2.45, 2.75) is 6.92 Å². The van der Waals surface area contributed by atoms with Crippen molar-refractivity contribution in [3.8, 4) is 0 Å². The van der Waals surface area contributed by atoms with Gasteiger partial charge in [0.15, 0.2) is 0 Å². The fourth-order valence-electron chi connectivity index (χ4n) is 1.20. The number of hydrogen-bond acceptors (Lipinski definition) is 3. The second kappa shape index (κ2) is 5.04. The number of nitrogens with zero attached hydrogens (tertiary/aromatic N) is 2. The van der Waals surface area contributed by atoms with E-state index in [1.54, 1.807) is 11.8 Å². The SMILES string of the molecule is CCSC(=S)N1CCN(C)CC1. The summed E-state index contributed by atoms with van der Waals surface area (Å²) in [6.07, 6.45) is 0. The molecule has 0 aliphatic carbocycles. The molecule has 0 aromatic carbocycles. The summed E-state index contributed by atoms with van der Waals surface area (Å²) in [7, 11) is 2.16. The van der Waals surface area contributed by atoms with Crippen LogP contribution in [0.15, 0.2) is 0 Å². The van der Waals surface area contributed by atoms with Crippen LogP contribution in [0.4, 0.5) is 0 Å².